The van der Waals surface area contributed by atoms with E-state index in [0.717, 1.165) is 61.1 Å². The van der Waals surface area contributed by atoms with Crippen LogP contribution in [0, 0.1) is 0 Å². The van der Waals surface area contributed by atoms with Crippen LogP contribution in [0.3, 0.4) is 0 Å². The van der Waals surface area contributed by atoms with Crippen LogP contribution in [0.4, 0.5) is 17.1 Å². The van der Waals surface area contributed by atoms with Crippen LogP contribution in [0.25, 0.3) is 49.4 Å². The lowest BCUT2D eigenvalue weighted by Crippen LogP contribution is -2.22. The van der Waals surface area contributed by atoms with Gasteiger partial charge in [-0.15, -0.1) is 0 Å². The van der Waals surface area contributed by atoms with E-state index in [1.807, 2.05) is 60.7 Å². The molecule has 8 rings (SSSR count). The number of rotatable bonds is 1. The average molecular weight is 450 g/mol. The molecular formula is C31H18N2O2. The number of anilines is 3. The second-order valence-electron chi connectivity index (χ2n) is 8.93. The molecule has 0 radical (unpaired) electrons. The van der Waals surface area contributed by atoms with Crippen LogP contribution in [0.2, 0.25) is 0 Å². The number of hydrogen-bond donors (Lipinski definition) is 0. The summed E-state index contributed by atoms with van der Waals surface area (Å²) < 4.78 is 8.65. The molecule has 164 valence electrons. The zero-order valence-electron chi connectivity index (χ0n) is 18.6. The maximum Gasteiger partial charge on any atom is 0.197 e. The number of aromatic nitrogens is 1. The fourth-order valence-corrected chi connectivity index (χ4v) is 5.65. The van der Waals surface area contributed by atoms with Crippen LogP contribution < -0.4 is 10.3 Å². The van der Waals surface area contributed by atoms with Crippen molar-refractivity contribution in [3.05, 3.63) is 119 Å². The second-order valence-corrected chi connectivity index (χ2v) is 8.93. The quantitative estimate of drug-likeness (QED) is 0.239. The minimum Gasteiger partial charge on any atom is -0.454 e. The van der Waals surface area contributed by atoms with E-state index in [9.17, 15) is 4.79 Å². The molecule has 1 aliphatic rings. The Kier molecular flexibility index (Phi) is 3.51. The molecule has 4 heteroatoms. The highest BCUT2D eigenvalue weighted by Crippen LogP contribution is 2.49. The smallest absolute Gasteiger partial charge is 0.197 e. The van der Waals surface area contributed by atoms with Gasteiger partial charge in [-0.25, -0.2) is 0 Å². The van der Waals surface area contributed by atoms with Crippen molar-refractivity contribution in [3.63, 3.8) is 0 Å². The highest BCUT2D eigenvalue weighted by molar-refractivity contribution is 6.13. The van der Waals surface area contributed by atoms with E-state index in [4.69, 9.17) is 4.42 Å². The van der Waals surface area contributed by atoms with E-state index in [-0.39, 0.29) is 5.43 Å². The van der Waals surface area contributed by atoms with E-state index in [1.165, 1.54) is 0 Å². The SMILES string of the molecule is O=c1c2ccccc2n2c3c(cccc13)N(c1cccc3c1oc1ccccc13)c1ccccc1-2. The number of hydrogen-bond acceptors (Lipinski definition) is 3. The molecule has 5 aromatic carbocycles. The summed E-state index contributed by atoms with van der Waals surface area (Å²) in [5.41, 5.74) is 7.53. The van der Waals surface area contributed by atoms with E-state index in [2.05, 4.69) is 58.0 Å². The Bertz CT molecular complexity index is 2050. The first-order valence-corrected chi connectivity index (χ1v) is 11.7. The second kappa shape index (κ2) is 6.61. The summed E-state index contributed by atoms with van der Waals surface area (Å²) in [6.07, 6.45) is 0. The maximum absolute atomic E-state index is 13.6. The molecular weight excluding hydrogens is 432 g/mol. The van der Waals surface area contributed by atoms with Gasteiger partial charge in [0, 0.05) is 21.5 Å². The number of para-hydroxylation sites is 6. The Hall–Kier alpha value is -4.83. The highest BCUT2D eigenvalue weighted by atomic mass is 16.3. The van der Waals surface area contributed by atoms with Crippen molar-refractivity contribution < 1.29 is 4.42 Å². The molecule has 0 aliphatic carbocycles. The van der Waals surface area contributed by atoms with Crippen molar-refractivity contribution in [1.82, 2.24) is 4.57 Å². The monoisotopic (exact) mass is 450 g/mol. The van der Waals surface area contributed by atoms with Crippen molar-refractivity contribution in [2.75, 3.05) is 4.90 Å². The third-order valence-corrected chi connectivity index (χ3v) is 7.10. The summed E-state index contributed by atoms with van der Waals surface area (Å²) in [4.78, 5) is 15.8. The molecule has 0 fully saturated rings. The first kappa shape index (κ1) is 18.6. The molecule has 0 spiro atoms. The fraction of sp³-hybridized carbons (Fsp3) is 0. The van der Waals surface area contributed by atoms with Gasteiger partial charge in [-0.05, 0) is 48.5 Å². The van der Waals surface area contributed by atoms with E-state index < -0.39 is 0 Å². The van der Waals surface area contributed by atoms with Gasteiger partial charge in [-0.2, -0.15) is 0 Å². The van der Waals surface area contributed by atoms with Crippen molar-refractivity contribution in [3.8, 4) is 5.69 Å². The van der Waals surface area contributed by atoms with Gasteiger partial charge in [0.15, 0.2) is 11.0 Å². The zero-order valence-corrected chi connectivity index (χ0v) is 18.6. The molecule has 35 heavy (non-hydrogen) atoms. The van der Waals surface area contributed by atoms with E-state index >= 15 is 0 Å². The molecule has 0 saturated heterocycles. The van der Waals surface area contributed by atoms with E-state index in [1.54, 1.807) is 0 Å². The molecule has 0 unspecified atom stereocenters. The molecule has 0 atom stereocenters. The van der Waals surface area contributed by atoms with Crippen LogP contribution in [0.5, 0.6) is 0 Å². The molecule has 0 amide bonds. The molecule has 2 aromatic heterocycles. The largest absolute Gasteiger partial charge is 0.454 e. The summed E-state index contributed by atoms with van der Waals surface area (Å²) in [7, 11) is 0. The first-order chi connectivity index (χ1) is 17.3. The van der Waals surface area contributed by atoms with Crippen molar-refractivity contribution >= 4 is 60.8 Å². The third kappa shape index (κ3) is 2.33. The van der Waals surface area contributed by atoms with Crippen LogP contribution >= 0.6 is 0 Å². The van der Waals surface area contributed by atoms with Crippen LogP contribution in [0.15, 0.2) is 118 Å². The standard InChI is InChI=1S/C31H18N2O2/c34-30-21-10-1-3-13-23(21)33-25-15-5-4-14-24(25)32(26-16-8-12-22(30)29(26)33)27-17-7-11-20-19-9-2-6-18-28(19)35-31(20)27/h1-18H. The summed E-state index contributed by atoms with van der Waals surface area (Å²) in [6, 6.07) is 36.6. The highest BCUT2D eigenvalue weighted by Gasteiger charge is 2.29. The van der Waals surface area contributed by atoms with Gasteiger partial charge in [-0.3, -0.25) is 4.79 Å². The number of benzene rings is 5. The number of fused-ring (bicyclic) bond motifs is 7. The van der Waals surface area contributed by atoms with Gasteiger partial charge >= 0.3 is 0 Å². The lowest BCUT2D eigenvalue weighted by atomic mass is 10.0. The van der Waals surface area contributed by atoms with Crippen molar-refractivity contribution in [2.24, 2.45) is 0 Å². The predicted molar refractivity (Wildman–Crippen MR) is 143 cm³/mol. The predicted octanol–water partition coefficient (Wildman–Crippen LogP) is 7.83. The van der Waals surface area contributed by atoms with Crippen molar-refractivity contribution in [1.29, 1.82) is 0 Å². The van der Waals surface area contributed by atoms with Gasteiger partial charge in [0.05, 0.1) is 33.8 Å². The minimum absolute atomic E-state index is 0.0509. The Balaban J connectivity index is 1.58. The van der Waals surface area contributed by atoms with Crippen LogP contribution in [0.1, 0.15) is 0 Å². The van der Waals surface area contributed by atoms with Gasteiger partial charge in [0.1, 0.15) is 5.58 Å². The molecule has 0 bridgehead atoms. The molecule has 0 saturated carbocycles. The first-order valence-electron chi connectivity index (χ1n) is 11.7. The molecule has 1 aliphatic heterocycles. The summed E-state index contributed by atoms with van der Waals surface area (Å²) >= 11 is 0. The van der Waals surface area contributed by atoms with Gasteiger partial charge in [-0.1, -0.05) is 60.7 Å². The Labute approximate surface area is 199 Å². The van der Waals surface area contributed by atoms with Crippen molar-refractivity contribution in [2.45, 2.75) is 0 Å². The summed E-state index contributed by atoms with van der Waals surface area (Å²) in [5, 5.41) is 3.59. The normalized spacial score (nSPS) is 12.6. The topological polar surface area (TPSA) is 38.4 Å². The number of pyridine rings is 1. The van der Waals surface area contributed by atoms with Gasteiger partial charge < -0.3 is 13.9 Å². The lowest BCUT2D eigenvalue weighted by molar-refractivity contribution is 0.669. The Morgan fingerprint density at radius 2 is 1.14 bits per heavy atom. The number of nitrogens with zero attached hydrogens (tertiary/aromatic N) is 2. The Morgan fingerprint density at radius 1 is 0.514 bits per heavy atom. The fourth-order valence-electron chi connectivity index (χ4n) is 5.65. The third-order valence-electron chi connectivity index (χ3n) is 7.10. The molecule has 0 N–H and O–H groups in total. The van der Waals surface area contributed by atoms with Gasteiger partial charge in [0.25, 0.3) is 0 Å². The maximum atomic E-state index is 13.6. The van der Waals surface area contributed by atoms with Gasteiger partial charge in [0.2, 0.25) is 0 Å². The van der Waals surface area contributed by atoms with E-state index in [0.29, 0.717) is 5.39 Å². The number of furan rings is 1. The van der Waals surface area contributed by atoms with Crippen LogP contribution in [-0.2, 0) is 0 Å². The minimum atomic E-state index is 0.0509. The van der Waals surface area contributed by atoms with Crippen LogP contribution in [-0.4, -0.2) is 4.57 Å². The zero-order chi connectivity index (χ0) is 23.1. The molecule has 3 heterocycles. The summed E-state index contributed by atoms with van der Waals surface area (Å²) in [5.74, 6) is 0. The summed E-state index contributed by atoms with van der Waals surface area (Å²) in [6.45, 7) is 0. The molecule has 4 nitrogen and oxygen atoms in total. The Morgan fingerprint density at radius 3 is 2.03 bits per heavy atom. The lowest BCUT2D eigenvalue weighted by Gasteiger charge is -2.34. The molecule has 7 aromatic rings. The average Bonchev–Trinajstić information content (AvgIpc) is 3.30.